The fraction of sp³-hybridized carbons (Fsp3) is 0.636. The Kier molecular flexibility index (Phi) is 8.61. The summed E-state index contributed by atoms with van der Waals surface area (Å²) in [5.74, 6) is 1.79. The quantitative estimate of drug-likeness (QED) is 0.415. The van der Waals surface area contributed by atoms with Gasteiger partial charge in [-0.2, -0.15) is 0 Å². The van der Waals surface area contributed by atoms with Crippen molar-refractivity contribution >= 4 is 12.1 Å². The lowest BCUT2D eigenvalue weighted by atomic mass is 10.1. The number of alkyl carbamates (subject to hydrolysis) is 1. The molecule has 2 rings (SSSR count). The number of rotatable bonds is 7. The van der Waals surface area contributed by atoms with Gasteiger partial charge in [-0.05, 0) is 64.7 Å². The zero-order chi connectivity index (χ0) is 21.3. The SMILES string of the molecule is CCNC(=NCCCc1ccc(OC)cc1)N1CCC(NC(=O)OC(C)(C)C)C1. The van der Waals surface area contributed by atoms with Gasteiger partial charge in [0.1, 0.15) is 11.4 Å². The number of nitrogens with zero attached hydrogens (tertiary/aromatic N) is 2. The fourth-order valence-corrected chi connectivity index (χ4v) is 3.23. The number of guanidine groups is 1. The van der Waals surface area contributed by atoms with Crippen LogP contribution in [-0.2, 0) is 11.2 Å². The molecular formula is C22H36N4O3. The molecule has 162 valence electrons. The number of benzene rings is 1. The second kappa shape index (κ2) is 10.9. The van der Waals surface area contributed by atoms with E-state index in [0.29, 0.717) is 0 Å². The number of carbonyl (C=O) groups is 1. The van der Waals surface area contributed by atoms with Gasteiger partial charge < -0.3 is 25.0 Å². The summed E-state index contributed by atoms with van der Waals surface area (Å²) in [7, 11) is 1.68. The topological polar surface area (TPSA) is 75.2 Å². The van der Waals surface area contributed by atoms with Crippen LogP contribution in [0.2, 0.25) is 0 Å². The number of hydrogen-bond donors (Lipinski definition) is 2. The first-order chi connectivity index (χ1) is 13.8. The molecule has 1 fully saturated rings. The van der Waals surface area contributed by atoms with Crippen molar-refractivity contribution in [1.29, 1.82) is 0 Å². The van der Waals surface area contributed by atoms with Crippen LogP contribution in [0.3, 0.4) is 0 Å². The molecule has 1 aliphatic rings. The fourth-order valence-electron chi connectivity index (χ4n) is 3.23. The highest BCUT2D eigenvalue weighted by molar-refractivity contribution is 5.80. The van der Waals surface area contributed by atoms with E-state index in [-0.39, 0.29) is 12.1 Å². The van der Waals surface area contributed by atoms with Crippen LogP contribution >= 0.6 is 0 Å². The first kappa shape index (κ1) is 22.8. The molecule has 1 amide bonds. The predicted molar refractivity (Wildman–Crippen MR) is 117 cm³/mol. The number of aliphatic imine (C=N–C) groups is 1. The summed E-state index contributed by atoms with van der Waals surface area (Å²) < 4.78 is 10.6. The Balaban J connectivity index is 1.81. The molecule has 1 aromatic carbocycles. The van der Waals surface area contributed by atoms with Crippen molar-refractivity contribution in [1.82, 2.24) is 15.5 Å². The van der Waals surface area contributed by atoms with Crippen LogP contribution in [-0.4, -0.2) is 61.9 Å². The smallest absolute Gasteiger partial charge is 0.407 e. The maximum atomic E-state index is 12.0. The van der Waals surface area contributed by atoms with E-state index >= 15 is 0 Å². The molecule has 1 aliphatic heterocycles. The standard InChI is InChI=1S/C22H36N4O3/c1-6-23-20(24-14-7-8-17-9-11-19(28-5)12-10-17)26-15-13-18(16-26)25-21(27)29-22(2,3)4/h9-12,18H,6-8,13-16H2,1-5H3,(H,23,24)(H,25,27). The monoisotopic (exact) mass is 404 g/mol. The first-order valence-corrected chi connectivity index (χ1v) is 10.5. The molecule has 0 radical (unpaired) electrons. The van der Waals surface area contributed by atoms with E-state index in [1.807, 2.05) is 32.9 Å². The molecule has 0 saturated carbocycles. The van der Waals surface area contributed by atoms with Crippen molar-refractivity contribution in [2.24, 2.45) is 4.99 Å². The second-order valence-corrected chi connectivity index (χ2v) is 8.27. The molecule has 7 nitrogen and oxygen atoms in total. The second-order valence-electron chi connectivity index (χ2n) is 8.27. The van der Waals surface area contributed by atoms with Gasteiger partial charge in [-0.3, -0.25) is 4.99 Å². The molecular weight excluding hydrogens is 368 g/mol. The van der Waals surface area contributed by atoms with E-state index in [0.717, 1.165) is 57.2 Å². The Hall–Kier alpha value is -2.44. The Bertz CT molecular complexity index is 668. The summed E-state index contributed by atoms with van der Waals surface area (Å²) in [4.78, 5) is 19.0. The van der Waals surface area contributed by atoms with Crippen molar-refractivity contribution in [3.63, 3.8) is 0 Å². The third kappa shape index (κ3) is 8.21. The summed E-state index contributed by atoms with van der Waals surface area (Å²) in [6.45, 7) is 10.9. The van der Waals surface area contributed by atoms with Crippen molar-refractivity contribution in [3.05, 3.63) is 29.8 Å². The summed E-state index contributed by atoms with van der Waals surface area (Å²) in [6.07, 6.45) is 2.49. The third-order valence-electron chi connectivity index (χ3n) is 4.59. The van der Waals surface area contributed by atoms with Gasteiger partial charge >= 0.3 is 6.09 Å². The van der Waals surface area contributed by atoms with Gasteiger partial charge in [0.05, 0.1) is 13.2 Å². The number of hydrogen-bond acceptors (Lipinski definition) is 4. The highest BCUT2D eigenvalue weighted by atomic mass is 16.6. The molecule has 0 bridgehead atoms. The number of nitrogens with one attached hydrogen (secondary N) is 2. The van der Waals surface area contributed by atoms with Crippen LogP contribution in [0.5, 0.6) is 5.75 Å². The Labute approximate surface area is 174 Å². The van der Waals surface area contributed by atoms with Crippen LogP contribution in [0, 0.1) is 0 Å². The van der Waals surface area contributed by atoms with Gasteiger partial charge in [-0.15, -0.1) is 0 Å². The normalized spacial score (nSPS) is 17.2. The molecule has 7 heteroatoms. The van der Waals surface area contributed by atoms with E-state index in [1.165, 1.54) is 5.56 Å². The maximum absolute atomic E-state index is 12.0. The van der Waals surface area contributed by atoms with Crippen molar-refractivity contribution in [3.8, 4) is 5.75 Å². The molecule has 2 N–H and O–H groups in total. The Morgan fingerprint density at radius 1 is 1.28 bits per heavy atom. The van der Waals surface area contributed by atoms with Gasteiger partial charge in [0, 0.05) is 26.2 Å². The third-order valence-corrected chi connectivity index (χ3v) is 4.59. The van der Waals surface area contributed by atoms with Crippen LogP contribution in [0.4, 0.5) is 4.79 Å². The average Bonchev–Trinajstić information content (AvgIpc) is 3.11. The van der Waals surface area contributed by atoms with Crippen LogP contribution < -0.4 is 15.4 Å². The van der Waals surface area contributed by atoms with E-state index in [2.05, 4.69) is 34.6 Å². The van der Waals surface area contributed by atoms with E-state index in [9.17, 15) is 4.79 Å². The predicted octanol–water partition coefficient (Wildman–Crippen LogP) is 3.19. The molecule has 1 heterocycles. The average molecular weight is 405 g/mol. The van der Waals surface area contributed by atoms with Crippen LogP contribution in [0.15, 0.2) is 29.3 Å². The molecule has 0 aliphatic carbocycles. The lowest BCUT2D eigenvalue weighted by Gasteiger charge is -2.23. The van der Waals surface area contributed by atoms with Crippen molar-refractivity contribution < 1.29 is 14.3 Å². The summed E-state index contributed by atoms with van der Waals surface area (Å²) in [5.41, 5.74) is 0.802. The number of carbonyl (C=O) groups excluding carboxylic acids is 1. The lowest BCUT2D eigenvalue weighted by Crippen LogP contribution is -2.44. The molecule has 1 atom stereocenters. The minimum Gasteiger partial charge on any atom is -0.497 e. The molecule has 1 aromatic rings. The molecule has 1 saturated heterocycles. The molecule has 0 spiro atoms. The Morgan fingerprint density at radius 2 is 2.00 bits per heavy atom. The highest BCUT2D eigenvalue weighted by Gasteiger charge is 2.27. The summed E-state index contributed by atoms with van der Waals surface area (Å²) in [5, 5.41) is 6.33. The van der Waals surface area contributed by atoms with Gasteiger partial charge in [-0.1, -0.05) is 12.1 Å². The van der Waals surface area contributed by atoms with Crippen molar-refractivity contribution in [2.75, 3.05) is 33.3 Å². The van der Waals surface area contributed by atoms with Crippen molar-refractivity contribution in [2.45, 2.75) is 58.6 Å². The lowest BCUT2D eigenvalue weighted by molar-refractivity contribution is 0.0507. The largest absolute Gasteiger partial charge is 0.497 e. The number of amides is 1. The van der Waals surface area contributed by atoms with Crippen LogP contribution in [0.1, 0.15) is 46.1 Å². The number of methoxy groups -OCH3 is 1. The van der Waals surface area contributed by atoms with E-state index in [4.69, 9.17) is 14.5 Å². The van der Waals surface area contributed by atoms with Gasteiger partial charge in [-0.25, -0.2) is 4.79 Å². The first-order valence-electron chi connectivity index (χ1n) is 10.5. The van der Waals surface area contributed by atoms with Gasteiger partial charge in [0.2, 0.25) is 0 Å². The minimum atomic E-state index is -0.483. The highest BCUT2D eigenvalue weighted by Crippen LogP contribution is 2.14. The van der Waals surface area contributed by atoms with E-state index in [1.54, 1.807) is 7.11 Å². The molecule has 1 unspecified atom stereocenters. The minimum absolute atomic E-state index is 0.0769. The van der Waals surface area contributed by atoms with Gasteiger partial charge in [0.25, 0.3) is 0 Å². The van der Waals surface area contributed by atoms with Gasteiger partial charge in [0.15, 0.2) is 5.96 Å². The summed E-state index contributed by atoms with van der Waals surface area (Å²) >= 11 is 0. The maximum Gasteiger partial charge on any atom is 0.407 e. The van der Waals surface area contributed by atoms with E-state index < -0.39 is 5.60 Å². The Morgan fingerprint density at radius 3 is 2.62 bits per heavy atom. The van der Waals surface area contributed by atoms with Crippen LogP contribution in [0.25, 0.3) is 0 Å². The number of aryl methyl sites for hydroxylation is 1. The zero-order valence-corrected chi connectivity index (χ0v) is 18.5. The zero-order valence-electron chi connectivity index (χ0n) is 18.5. The molecule has 0 aromatic heterocycles. The molecule has 29 heavy (non-hydrogen) atoms. The summed E-state index contributed by atoms with van der Waals surface area (Å²) in [6, 6.07) is 8.26. The number of likely N-dealkylation sites (tertiary alicyclic amines) is 1. The number of ether oxygens (including phenoxy) is 2.